The summed E-state index contributed by atoms with van der Waals surface area (Å²) in [5.74, 6) is -1.71. The fraction of sp³-hybridized carbons (Fsp3) is 0.467. The average molecular weight is 526 g/mol. The van der Waals surface area contributed by atoms with Crippen LogP contribution in [0, 0.1) is 11.8 Å². The van der Waals surface area contributed by atoms with E-state index in [1.165, 1.54) is 0 Å². The Hall–Kier alpha value is -3.36. The topological polar surface area (TPSA) is 94.5 Å². The van der Waals surface area contributed by atoms with Crippen molar-refractivity contribution in [3.05, 3.63) is 71.8 Å². The number of methoxy groups -OCH3 is 2. The highest BCUT2D eigenvalue weighted by Gasteiger charge is 2.59. The number of benzene rings is 2. The van der Waals surface area contributed by atoms with Crippen molar-refractivity contribution in [3.8, 4) is 11.5 Å². The fourth-order valence-electron chi connectivity index (χ4n) is 4.85. The molecule has 0 amide bonds. The van der Waals surface area contributed by atoms with Crippen molar-refractivity contribution in [2.75, 3.05) is 33.9 Å². The van der Waals surface area contributed by atoms with Crippen LogP contribution in [-0.2, 0) is 24.7 Å². The number of rotatable bonds is 12. The first-order valence-electron chi connectivity index (χ1n) is 12.9. The molecule has 1 aliphatic heterocycles. The Morgan fingerprint density at radius 1 is 0.789 bits per heavy atom. The van der Waals surface area contributed by atoms with Crippen LogP contribution in [0.4, 0.5) is 0 Å². The highest BCUT2D eigenvalue weighted by molar-refractivity contribution is 5.93. The summed E-state index contributed by atoms with van der Waals surface area (Å²) in [7, 11) is 3.09. The Morgan fingerprint density at radius 2 is 1.18 bits per heavy atom. The van der Waals surface area contributed by atoms with Crippen LogP contribution < -0.4 is 9.47 Å². The van der Waals surface area contributed by atoms with E-state index in [1.54, 1.807) is 62.8 Å². The summed E-state index contributed by atoms with van der Waals surface area (Å²) in [5.41, 5.74) is -1.33. The summed E-state index contributed by atoms with van der Waals surface area (Å²) in [6, 6.07) is 13.5. The molecule has 0 spiro atoms. The average Bonchev–Trinajstić information content (AvgIpc) is 3.04. The lowest BCUT2D eigenvalue weighted by Crippen LogP contribution is -2.58. The van der Waals surface area contributed by atoms with Gasteiger partial charge >= 0.3 is 11.9 Å². The van der Waals surface area contributed by atoms with Gasteiger partial charge in [-0.15, -0.1) is 0 Å². The van der Waals surface area contributed by atoms with Crippen molar-refractivity contribution < 1.29 is 33.6 Å². The number of hydrogen-bond donors (Lipinski definition) is 1. The number of esters is 2. The molecule has 38 heavy (non-hydrogen) atoms. The van der Waals surface area contributed by atoms with Gasteiger partial charge in [0.25, 0.3) is 5.79 Å². The Kier molecular flexibility index (Phi) is 9.57. The first kappa shape index (κ1) is 29.2. The van der Waals surface area contributed by atoms with Gasteiger partial charge in [-0.1, -0.05) is 52.0 Å². The van der Waals surface area contributed by atoms with E-state index in [2.05, 4.69) is 32.6 Å². The van der Waals surface area contributed by atoms with Gasteiger partial charge in [0.2, 0.25) is 0 Å². The molecular formula is C30H39NO7. The lowest BCUT2D eigenvalue weighted by molar-refractivity contribution is -0.285. The zero-order valence-electron chi connectivity index (χ0n) is 23.1. The molecule has 0 radical (unpaired) electrons. The van der Waals surface area contributed by atoms with E-state index in [0.717, 1.165) is 25.2 Å². The normalized spacial score (nSPS) is 15.4. The van der Waals surface area contributed by atoms with Crippen LogP contribution >= 0.6 is 0 Å². The smallest absolute Gasteiger partial charge is 0.334 e. The summed E-state index contributed by atoms with van der Waals surface area (Å²) in [6.07, 6.45) is 2.07. The zero-order valence-corrected chi connectivity index (χ0v) is 23.1. The Morgan fingerprint density at radius 3 is 1.53 bits per heavy atom. The lowest BCUT2D eigenvalue weighted by atomic mass is 9.77. The molecule has 0 aromatic heterocycles. The van der Waals surface area contributed by atoms with Crippen molar-refractivity contribution in [2.45, 2.75) is 45.5 Å². The van der Waals surface area contributed by atoms with Gasteiger partial charge in [0, 0.05) is 38.2 Å². The van der Waals surface area contributed by atoms with E-state index >= 15 is 0 Å². The number of ether oxygens (including phenoxy) is 4. The van der Waals surface area contributed by atoms with E-state index in [0.29, 0.717) is 41.0 Å². The molecule has 1 heterocycles. The molecule has 2 aromatic rings. The van der Waals surface area contributed by atoms with Crippen LogP contribution in [0.1, 0.15) is 45.2 Å². The van der Waals surface area contributed by atoms with Crippen LogP contribution in [0.5, 0.6) is 11.5 Å². The minimum absolute atomic E-state index is 0.0279. The number of carbonyl (C=O) groups excluding carboxylic acids is 2. The Balaban J connectivity index is 2.20. The molecule has 3 rings (SSSR count). The van der Waals surface area contributed by atoms with Gasteiger partial charge in [-0.25, -0.2) is 9.59 Å². The van der Waals surface area contributed by atoms with Crippen molar-refractivity contribution in [2.24, 2.45) is 11.8 Å². The van der Waals surface area contributed by atoms with E-state index in [4.69, 9.17) is 18.9 Å². The van der Waals surface area contributed by atoms with Crippen molar-refractivity contribution in [1.29, 1.82) is 0 Å². The molecular weight excluding hydrogens is 486 g/mol. The molecule has 0 fully saturated rings. The van der Waals surface area contributed by atoms with E-state index in [1.807, 2.05) is 0 Å². The molecule has 0 atom stereocenters. The van der Waals surface area contributed by atoms with Crippen molar-refractivity contribution >= 4 is 11.9 Å². The number of cyclic esters (lactones) is 2. The minimum atomic E-state index is -2.07. The Labute approximate surface area is 225 Å². The molecule has 0 unspecified atom stereocenters. The summed E-state index contributed by atoms with van der Waals surface area (Å²) >= 11 is 0. The second kappa shape index (κ2) is 12.5. The molecule has 0 aliphatic carbocycles. The van der Waals surface area contributed by atoms with Gasteiger partial charge in [-0.2, -0.15) is 0 Å². The number of aliphatic hydroxyl groups is 1. The van der Waals surface area contributed by atoms with Crippen LogP contribution in [0.2, 0.25) is 0 Å². The Bertz CT molecular complexity index is 1030. The van der Waals surface area contributed by atoms with Gasteiger partial charge in [0.05, 0.1) is 14.2 Å². The van der Waals surface area contributed by atoms with Crippen molar-refractivity contribution in [1.82, 2.24) is 4.90 Å². The third kappa shape index (κ3) is 6.55. The maximum atomic E-state index is 12.8. The van der Waals surface area contributed by atoms with Crippen LogP contribution in [0.15, 0.2) is 60.7 Å². The zero-order chi connectivity index (χ0) is 27.9. The summed E-state index contributed by atoms with van der Waals surface area (Å²) in [5, 5.41) is 12.7. The largest absolute Gasteiger partial charge is 0.497 e. The SMILES string of the molecule is COc1ccc(C(O)(c2ccc(OC)cc2)C2(CCN(CC(C)C)CC(C)C)OC(=O)C=CC(=O)O2)cc1. The van der Waals surface area contributed by atoms with Crippen LogP contribution in [-0.4, -0.2) is 61.6 Å². The first-order chi connectivity index (χ1) is 18.0. The maximum absolute atomic E-state index is 12.8. The standard InChI is InChI=1S/C30H39NO7/c1-21(2)19-31(20-22(3)4)18-17-29(37-27(32)15-16-28(33)38-29)30(34,23-7-11-25(35-5)12-8-23)24-9-13-26(36-6)14-10-24/h7-16,21-22,34H,17-20H2,1-6H3. The predicted molar refractivity (Wildman–Crippen MR) is 144 cm³/mol. The maximum Gasteiger partial charge on any atom is 0.334 e. The molecule has 1 aliphatic rings. The van der Waals surface area contributed by atoms with Gasteiger partial charge in [0.1, 0.15) is 11.5 Å². The van der Waals surface area contributed by atoms with Gasteiger partial charge < -0.3 is 29.0 Å². The number of nitrogens with zero attached hydrogens (tertiary/aromatic N) is 1. The molecule has 8 nitrogen and oxygen atoms in total. The lowest BCUT2D eigenvalue weighted by Gasteiger charge is -2.45. The second-order valence-corrected chi connectivity index (χ2v) is 10.4. The van der Waals surface area contributed by atoms with E-state index in [-0.39, 0.29) is 6.42 Å². The minimum Gasteiger partial charge on any atom is -0.497 e. The van der Waals surface area contributed by atoms with Gasteiger partial charge in [-0.05, 0) is 47.2 Å². The molecule has 8 heteroatoms. The quantitative estimate of drug-likeness (QED) is 0.410. The molecule has 0 saturated heterocycles. The monoisotopic (exact) mass is 525 g/mol. The van der Waals surface area contributed by atoms with E-state index < -0.39 is 23.3 Å². The summed E-state index contributed by atoms with van der Waals surface area (Å²) in [4.78, 5) is 27.9. The fourth-order valence-corrected chi connectivity index (χ4v) is 4.85. The second-order valence-electron chi connectivity index (χ2n) is 10.4. The molecule has 2 aromatic carbocycles. The van der Waals surface area contributed by atoms with E-state index in [9.17, 15) is 14.7 Å². The molecule has 1 N–H and O–H groups in total. The predicted octanol–water partition coefficient (Wildman–Crippen LogP) is 4.30. The van der Waals surface area contributed by atoms with Crippen LogP contribution in [0.25, 0.3) is 0 Å². The van der Waals surface area contributed by atoms with Crippen LogP contribution in [0.3, 0.4) is 0 Å². The third-order valence-electron chi connectivity index (χ3n) is 6.46. The number of carbonyl (C=O) groups is 2. The van der Waals surface area contributed by atoms with Crippen molar-refractivity contribution in [3.63, 3.8) is 0 Å². The summed E-state index contributed by atoms with van der Waals surface area (Å²) < 4.78 is 22.4. The highest BCUT2D eigenvalue weighted by Crippen LogP contribution is 2.46. The first-order valence-corrected chi connectivity index (χ1v) is 12.9. The summed E-state index contributed by atoms with van der Waals surface area (Å²) in [6.45, 7) is 10.5. The molecule has 0 saturated carbocycles. The van der Waals surface area contributed by atoms with Gasteiger partial charge in [-0.3, -0.25) is 0 Å². The van der Waals surface area contributed by atoms with Gasteiger partial charge in [0.15, 0.2) is 5.60 Å². The molecule has 0 bridgehead atoms. The highest BCUT2D eigenvalue weighted by atomic mass is 16.7. The third-order valence-corrected chi connectivity index (χ3v) is 6.46. The molecule has 206 valence electrons. The number of hydrogen-bond acceptors (Lipinski definition) is 8.